The Labute approximate surface area is 421 Å². The molecule has 414 valence electrons. The number of nitrogens with one attached hydrogen (secondary N) is 1. The highest BCUT2D eigenvalue weighted by Crippen LogP contribution is 2.33. The molecule has 3 rings (SSSR count). The fraction of sp³-hybridized carbons (Fsp3) is 0.865. The van der Waals surface area contributed by atoms with Gasteiger partial charge < -0.3 is 89.9 Å². The molecular weight excluding hydrogens is 927 g/mol. The summed E-state index contributed by atoms with van der Waals surface area (Å²) in [7, 11) is 0. The molecule has 0 aromatic carbocycles. The van der Waals surface area contributed by atoms with Crippen molar-refractivity contribution in [1.29, 1.82) is 0 Å². The lowest BCUT2D eigenvalue weighted by atomic mass is 9.96. The first-order valence-corrected chi connectivity index (χ1v) is 26.7. The van der Waals surface area contributed by atoms with E-state index >= 15 is 0 Å². The zero-order valence-electron chi connectivity index (χ0n) is 42.4. The highest BCUT2D eigenvalue weighted by Gasteiger charge is 2.53. The SMILES string of the molecule is CCC/C=C/CC/C=C/CC/C=C/C(O)C(COC1OC(CO)C(OC2OC(CO)C(OC3OC(CO)C(O)C(O)C3O)C(O)C2O)C(O)C1O)NC(=O)CCCCCCCCCCCCCCCCC. The Morgan fingerprint density at radius 1 is 0.493 bits per heavy atom. The topological polar surface area (TPSA) is 307 Å². The third kappa shape index (κ3) is 22.4. The molecule has 0 bridgehead atoms. The maximum Gasteiger partial charge on any atom is 0.220 e. The Balaban J connectivity index is 1.55. The van der Waals surface area contributed by atoms with Crippen LogP contribution in [-0.4, -0.2) is 193 Å². The van der Waals surface area contributed by atoms with Crippen LogP contribution < -0.4 is 5.32 Å². The second-order valence-electron chi connectivity index (χ2n) is 19.3. The molecule has 0 aliphatic carbocycles. The predicted molar refractivity (Wildman–Crippen MR) is 263 cm³/mol. The van der Waals surface area contributed by atoms with Gasteiger partial charge in [-0.2, -0.15) is 0 Å². The summed E-state index contributed by atoms with van der Waals surface area (Å²) in [4.78, 5) is 13.2. The molecule has 0 aromatic heterocycles. The number of amides is 1. The van der Waals surface area contributed by atoms with E-state index in [1.807, 2.05) is 6.08 Å². The average Bonchev–Trinajstić information content (AvgIpc) is 3.36. The Bertz CT molecular complexity index is 1450. The molecule has 19 nitrogen and oxygen atoms in total. The summed E-state index contributed by atoms with van der Waals surface area (Å²) in [6.45, 7) is 1.58. The Hall–Kier alpha value is -1.99. The van der Waals surface area contributed by atoms with Crippen LogP contribution in [0.2, 0.25) is 0 Å². The summed E-state index contributed by atoms with van der Waals surface area (Å²) in [6, 6.07) is -0.990. The minimum absolute atomic E-state index is 0.234. The number of ether oxygens (including phenoxy) is 6. The molecule has 0 saturated carbocycles. The lowest BCUT2D eigenvalue weighted by Gasteiger charge is -2.48. The molecule has 0 spiro atoms. The van der Waals surface area contributed by atoms with Gasteiger partial charge in [-0.1, -0.05) is 147 Å². The second kappa shape index (κ2) is 36.9. The highest BCUT2D eigenvalue weighted by atomic mass is 16.8. The smallest absolute Gasteiger partial charge is 0.220 e. The van der Waals surface area contributed by atoms with Crippen LogP contribution in [0.15, 0.2) is 36.5 Å². The van der Waals surface area contributed by atoms with Crippen molar-refractivity contribution in [2.75, 3.05) is 26.4 Å². The Morgan fingerprint density at radius 3 is 1.38 bits per heavy atom. The van der Waals surface area contributed by atoms with E-state index in [4.69, 9.17) is 28.4 Å². The fourth-order valence-electron chi connectivity index (χ4n) is 8.93. The second-order valence-corrected chi connectivity index (χ2v) is 19.3. The molecule has 1 amide bonds. The number of rotatable bonds is 37. The Kier molecular flexibility index (Phi) is 32.9. The normalized spacial score (nSPS) is 32.5. The third-order valence-electron chi connectivity index (χ3n) is 13.4. The van der Waals surface area contributed by atoms with Gasteiger partial charge in [-0.15, -0.1) is 0 Å². The predicted octanol–water partition coefficient (Wildman–Crippen LogP) is 2.59. The van der Waals surface area contributed by atoms with Crippen molar-refractivity contribution >= 4 is 5.91 Å². The Morgan fingerprint density at radius 2 is 0.901 bits per heavy atom. The number of hydrogen-bond donors (Lipinski definition) is 12. The molecule has 12 N–H and O–H groups in total. The van der Waals surface area contributed by atoms with Gasteiger partial charge in [0.1, 0.15) is 73.2 Å². The van der Waals surface area contributed by atoms with Gasteiger partial charge in [0.2, 0.25) is 5.91 Å². The van der Waals surface area contributed by atoms with Gasteiger partial charge in [-0.25, -0.2) is 0 Å². The number of hydrogen-bond acceptors (Lipinski definition) is 18. The van der Waals surface area contributed by atoms with Crippen LogP contribution in [0.25, 0.3) is 0 Å². The van der Waals surface area contributed by atoms with E-state index in [1.54, 1.807) is 6.08 Å². The van der Waals surface area contributed by atoms with Crippen molar-refractivity contribution < 1.29 is 89.4 Å². The van der Waals surface area contributed by atoms with Gasteiger partial charge in [-0.3, -0.25) is 4.79 Å². The average molecular weight is 1020 g/mol. The minimum atomic E-state index is -1.98. The summed E-state index contributed by atoms with van der Waals surface area (Å²) >= 11 is 0. The molecule has 17 atom stereocenters. The van der Waals surface area contributed by atoms with Gasteiger partial charge in [0.15, 0.2) is 18.9 Å². The first kappa shape index (κ1) is 63.3. The number of allylic oxidation sites excluding steroid dienone is 5. The van der Waals surface area contributed by atoms with Crippen LogP contribution in [0.3, 0.4) is 0 Å². The van der Waals surface area contributed by atoms with Crippen molar-refractivity contribution in [3.05, 3.63) is 36.5 Å². The van der Waals surface area contributed by atoms with E-state index in [0.29, 0.717) is 12.8 Å². The quantitative estimate of drug-likeness (QED) is 0.0314. The molecule has 3 aliphatic heterocycles. The molecule has 3 fully saturated rings. The third-order valence-corrected chi connectivity index (χ3v) is 13.4. The largest absolute Gasteiger partial charge is 0.394 e. The van der Waals surface area contributed by atoms with Crippen LogP contribution in [0, 0.1) is 0 Å². The maximum atomic E-state index is 13.2. The first-order valence-electron chi connectivity index (χ1n) is 26.7. The van der Waals surface area contributed by atoms with Gasteiger partial charge in [0.25, 0.3) is 0 Å². The van der Waals surface area contributed by atoms with Gasteiger partial charge >= 0.3 is 0 Å². The summed E-state index contributed by atoms with van der Waals surface area (Å²) < 4.78 is 34.1. The van der Waals surface area contributed by atoms with Crippen LogP contribution in [-0.2, 0) is 33.2 Å². The highest BCUT2D eigenvalue weighted by molar-refractivity contribution is 5.76. The first-order chi connectivity index (χ1) is 34.3. The monoisotopic (exact) mass is 1020 g/mol. The molecule has 0 aromatic rings. The van der Waals surface area contributed by atoms with Crippen molar-refractivity contribution in [2.45, 2.75) is 259 Å². The van der Waals surface area contributed by atoms with Crippen LogP contribution in [0.1, 0.15) is 155 Å². The van der Waals surface area contributed by atoms with Gasteiger partial charge in [-0.05, 0) is 38.5 Å². The molecule has 17 unspecified atom stereocenters. The standard InChI is InChI=1S/C52H93NO18/c1-3-5-7-9-11-13-15-16-17-18-20-22-24-26-28-30-40(58)53-35(36(57)29-27-25-23-21-19-14-12-10-8-6-4-2)34-66-50-46(64)43(61)48(38(32-55)68-50)71-52-47(65)44(62)49(39(33-56)69-52)70-51-45(63)42(60)41(59)37(31-54)67-51/h8,10,19,21,27,29,35-39,41-52,54-57,59-65H,3-7,9,11-18,20,22-26,28,30-34H2,1-2H3,(H,53,58)/b10-8+,21-19+,29-27+. The van der Waals surface area contributed by atoms with Crippen molar-refractivity contribution in [3.8, 4) is 0 Å². The van der Waals surface area contributed by atoms with E-state index in [-0.39, 0.29) is 18.9 Å². The fourth-order valence-corrected chi connectivity index (χ4v) is 8.93. The van der Waals surface area contributed by atoms with E-state index in [9.17, 15) is 61.0 Å². The number of aliphatic hydroxyl groups excluding tert-OH is 11. The van der Waals surface area contributed by atoms with Gasteiger partial charge in [0.05, 0.1) is 38.6 Å². The summed E-state index contributed by atoms with van der Waals surface area (Å²) in [5.41, 5.74) is 0. The zero-order chi connectivity index (χ0) is 52.0. The molecular formula is C52H93NO18. The van der Waals surface area contributed by atoms with E-state index in [0.717, 1.165) is 51.4 Å². The van der Waals surface area contributed by atoms with Crippen molar-refractivity contribution in [3.63, 3.8) is 0 Å². The molecule has 71 heavy (non-hydrogen) atoms. The molecule has 0 radical (unpaired) electrons. The van der Waals surface area contributed by atoms with E-state index < -0.39 is 124 Å². The zero-order valence-corrected chi connectivity index (χ0v) is 42.4. The maximum absolute atomic E-state index is 13.2. The lowest BCUT2D eigenvalue weighted by molar-refractivity contribution is -0.379. The minimum Gasteiger partial charge on any atom is -0.394 e. The number of aliphatic hydroxyl groups is 11. The van der Waals surface area contributed by atoms with Crippen LogP contribution >= 0.6 is 0 Å². The van der Waals surface area contributed by atoms with Crippen LogP contribution in [0.5, 0.6) is 0 Å². The van der Waals surface area contributed by atoms with E-state index in [1.165, 1.54) is 70.6 Å². The summed E-state index contributed by atoms with van der Waals surface area (Å²) in [5.74, 6) is -0.293. The number of carbonyl (C=O) groups excluding carboxylic acids is 1. The number of unbranched alkanes of at least 4 members (excludes halogenated alkanes) is 17. The summed E-state index contributed by atoms with van der Waals surface area (Å²) in [5, 5.41) is 120. The molecule has 3 heterocycles. The lowest BCUT2D eigenvalue weighted by Crippen LogP contribution is -2.66. The number of carbonyl (C=O) groups is 1. The molecule has 19 heteroatoms. The van der Waals surface area contributed by atoms with Crippen molar-refractivity contribution in [2.24, 2.45) is 0 Å². The van der Waals surface area contributed by atoms with Crippen LogP contribution in [0.4, 0.5) is 0 Å². The summed E-state index contributed by atoms with van der Waals surface area (Å²) in [6.07, 6.45) is 8.69. The van der Waals surface area contributed by atoms with Crippen molar-refractivity contribution in [1.82, 2.24) is 5.32 Å². The van der Waals surface area contributed by atoms with Gasteiger partial charge in [0, 0.05) is 6.42 Å². The molecule has 3 aliphatic rings. The molecule has 3 saturated heterocycles. The van der Waals surface area contributed by atoms with E-state index in [2.05, 4.69) is 43.5 Å².